The molecule has 0 aliphatic heterocycles. The predicted octanol–water partition coefficient (Wildman–Crippen LogP) is 3.79. The molecule has 1 aromatic rings. The van der Waals surface area contributed by atoms with Crippen molar-refractivity contribution < 1.29 is 9.15 Å². The molecular weight excluding hydrogens is 226 g/mol. The summed E-state index contributed by atoms with van der Waals surface area (Å²) in [6.45, 7) is 14.0. The van der Waals surface area contributed by atoms with E-state index in [-0.39, 0.29) is 5.60 Å². The van der Waals surface area contributed by atoms with Crippen LogP contribution in [-0.4, -0.2) is 11.6 Å². The molecule has 3 heteroatoms. The van der Waals surface area contributed by atoms with E-state index in [1.165, 1.54) is 0 Å². The van der Waals surface area contributed by atoms with Crippen molar-refractivity contribution >= 4 is 0 Å². The van der Waals surface area contributed by atoms with Crippen molar-refractivity contribution in [2.75, 3.05) is 0 Å². The van der Waals surface area contributed by atoms with Crippen molar-refractivity contribution in [3.05, 3.63) is 23.2 Å². The first kappa shape index (κ1) is 15.3. The number of furan rings is 1. The molecule has 0 aromatic carbocycles. The van der Waals surface area contributed by atoms with Gasteiger partial charge in [0.2, 0.25) is 0 Å². The number of ether oxygens (including phenoxy) is 1. The van der Waals surface area contributed by atoms with Crippen LogP contribution >= 0.6 is 0 Å². The molecular formula is C15H27NO2. The molecule has 1 N–H and O–H groups in total. The number of rotatable bonds is 7. The van der Waals surface area contributed by atoms with Gasteiger partial charge in [-0.05, 0) is 33.3 Å². The molecule has 0 saturated heterocycles. The van der Waals surface area contributed by atoms with E-state index >= 15 is 0 Å². The van der Waals surface area contributed by atoms with Crippen LogP contribution < -0.4 is 5.32 Å². The van der Waals surface area contributed by atoms with Crippen LogP contribution in [0.2, 0.25) is 0 Å². The van der Waals surface area contributed by atoms with Gasteiger partial charge < -0.3 is 14.5 Å². The Balaban J connectivity index is 2.56. The lowest BCUT2D eigenvalue weighted by Gasteiger charge is -2.23. The van der Waals surface area contributed by atoms with E-state index < -0.39 is 0 Å². The molecule has 0 fully saturated rings. The van der Waals surface area contributed by atoms with Gasteiger partial charge in [0, 0.05) is 11.6 Å². The first-order valence-corrected chi connectivity index (χ1v) is 6.79. The molecule has 0 aliphatic rings. The summed E-state index contributed by atoms with van der Waals surface area (Å²) in [7, 11) is 0. The number of hydrogen-bond donors (Lipinski definition) is 1. The van der Waals surface area contributed by atoms with Gasteiger partial charge in [-0.2, -0.15) is 0 Å². The van der Waals surface area contributed by atoms with Gasteiger partial charge in [0.05, 0.1) is 18.8 Å². The summed E-state index contributed by atoms with van der Waals surface area (Å²) in [4.78, 5) is 0. The topological polar surface area (TPSA) is 34.4 Å². The smallest absolute Gasteiger partial charge is 0.118 e. The maximum atomic E-state index is 5.90. The average molecular weight is 253 g/mol. The van der Waals surface area contributed by atoms with Crippen molar-refractivity contribution in [1.29, 1.82) is 0 Å². The number of hydrogen-bond acceptors (Lipinski definition) is 3. The Morgan fingerprint density at radius 1 is 1.39 bits per heavy atom. The van der Waals surface area contributed by atoms with Gasteiger partial charge in [-0.3, -0.25) is 0 Å². The molecule has 0 atom stereocenters. The minimum absolute atomic E-state index is 0.0694. The van der Waals surface area contributed by atoms with Gasteiger partial charge in [-0.25, -0.2) is 0 Å². The summed E-state index contributed by atoms with van der Waals surface area (Å²) in [5, 5.41) is 3.35. The van der Waals surface area contributed by atoms with Crippen molar-refractivity contribution in [1.82, 2.24) is 5.32 Å². The summed E-state index contributed by atoms with van der Waals surface area (Å²) < 4.78 is 11.6. The van der Waals surface area contributed by atoms with E-state index in [9.17, 15) is 0 Å². The van der Waals surface area contributed by atoms with Crippen LogP contribution in [0.5, 0.6) is 0 Å². The molecule has 0 spiro atoms. The highest BCUT2D eigenvalue weighted by Crippen LogP contribution is 2.20. The van der Waals surface area contributed by atoms with Gasteiger partial charge in [-0.1, -0.05) is 20.8 Å². The molecule has 18 heavy (non-hydrogen) atoms. The standard InChI is InChI=1S/C15H27NO2/c1-7-15(5,6)17-10-13-8-14(18-12(13)4)9-16-11(2)3/h8,11,16H,7,9-10H2,1-6H3. The van der Waals surface area contributed by atoms with Gasteiger partial charge >= 0.3 is 0 Å². The first-order chi connectivity index (χ1) is 8.34. The summed E-state index contributed by atoms with van der Waals surface area (Å²) >= 11 is 0. The van der Waals surface area contributed by atoms with Crippen molar-refractivity contribution in [3.8, 4) is 0 Å². The lowest BCUT2D eigenvalue weighted by Crippen LogP contribution is -2.22. The Bertz CT molecular complexity index is 367. The second-order valence-corrected chi connectivity index (χ2v) is 5.73. The highest BCUT2D eigenvalue weighted by atomic mass is 16.5. The monoisotopic (exact) mass is 253 g/mol. The van der Waals surface area contributed by atoms with Gasteiger partial charge in [0.25, 0.3) is 0 Å². The van der Waals surface area contributed by atoms with E-state index in [0.717, 1.165) is 30.0 Å². The van der Waals surface area contributed by atoms with Crippen molar-refractivity contribution in [2.24, 2.45) is 0 Å². The van der Waals surface area contributed by atoms with Gasteiger partial charge in [0.1, 0.15) is 11.5 Å². The molecule has 0 amide bonds. The van der Waals surface area contributed by atoms with Crippen LogP contribution in [0.4, 0.5) is 0 Å². The van der Waals surface area contributed by atoms with Gasteiger partial charge in [0.15, 0.2) is 0 Å². The van der Waals surface area contributed by atoms with Crippen LogP contribution in [0.1, 0.15) is 58.1 Å². The summed E-state index contributed by atoms with van der Waals surface area (Å²) in [5.74, 6) is 1.94. The Kier molecular flexibility index (Phi) is 5.42. The second-order valence-electron chi connectivity index (χ2n) is 5.73. The molecule has 0 aliphatic carbocycles. The zero-order valence-corrected chi connectivity index (χ0v) is 12.6. The van der Waals surface area contributed by atoms with Crippen LogP contribution in [-0.2, 0) is 17.9 Å². The molecule has 0 radical (unpaired) electrons. The molecule has 1 aromatic heterocycles. The molecule has 1 rings (SSSR count). The zero-order valence-electron chi connectivity index (χ0n) is 12.6. The maximum absolute atomic E-state index is 5.90. The van der Waals surface area contributed by atoms with Crippen LogP contribution in [0.3, 0.4) is 0 Å². The first-order valence-electron chi connectivity index (χ1n) is 6.79. The predicted molar refractivity (Wildman–Crippen MR) is 74.6 cm³/mol. The summed E-state index contributed by atoms with van der Waals surface area (Å²) in [5.41, 5.74) is 1.08. The highest BCUT2D eigenvalue weighted by molar-refractivity contribution is 5.20. The highest BCUT2D eigenvalue weighted by Gasteiger charge is 2.17. The second kappa shape index (κ2) is 6.39. The van der Waals surface area contributed by atoms with Crippen LogP contribution in [0, 0.1) is 6.92 Å². The fourth-order valence-electron chi connectivity index (χ4n) is 1.50. The normalized spacial score (nSPS) is 12.4. The minimum atomic E-state index is -0.0694. The number of nitrogens with one attached hydrogen (secondary N) is 1. The van der Waals surface area contributed by atoms with E-state index in [0.29, 0.717) is 12.6 Å². The Morgan fingerprint density at radius 2 is 2.06 bits per heavy atom. The number of aryl methyl sites for hydroxylation is 1. The van der Waals surface area contributed by atoms with Crippen molar-refractivity contribution in [3.63, 3.8) is 0 Å². The maximum Gasteiger partial charge on any atom is 0.118 e. The fraction of sp³-hybridized carbons (Fsp3) is 0.733. The van der Waals surface area contributed by atoms with Crippen LogP contribution in [0.25, 0.3) is 0 Å². The van der Waals surface area contributed by atoms with Gasteiger partial charge in [-0.15, -0.1) is 0 Å². The van der Waals surface area contributed by atoms with Crippen molar-refractivity contribution in [2.45, 2.75) is 72.8 Å². The molecule has 0 saturated carbocycles. The molecule has 0 unspecified atom stereocenters. The SMILES string of the molecule is CCC(C)(C)OCc1cc(CNC(C)C)oc1C. The Labute approximate surface area is 111 Å². The lowest BCUT2D eigenvalue weighted by molar-refractivity contribution is -0.0320. The molecule has 3 nitrogen and oxygen atoms in total. The lowest BCUT2D eigenvalue weighted by atomic mass is 10.1. The quantitative estimate of drug-likeness (QED) is 0.802. The summed E-state index contributed by atoms with van der Waals surface area (Å²) in [6, 6.07) is 2.56. The van der Waals surface area contributed by atoms with E-state index in [1.807, 2.05) is 6.92 Å². The molecule has 0 bridgehead atoms. The molecule has 1 heterocycles. The van der Waals surface area contributed by atoms with Crippen LogP contribution in [0.15, 0.2) is 10.5 Å². The Hall–Kier alpha value is -0.800. The van der Waals surface area contributed by atoms with E-state index in [2.05, 4.69) is 46.0 Å². The average Bonchev–Trinajstić information content (AvgIpc) is 2.65. The Morgan fingerprint density at radius 3 is 2.61 bits per heavy atom. The third-order valence-electron chi connectivity index (χ3n) is 3.23. The molecule has 104 valence electrons. The van der Waals surface area contributed by atoms with E-state index in [1.54, 1.807) is 0 Å². The fourth-order valence-corrected chi connectivity index (χ4v) is 1.50. The van der Waals surface area contributed by atoms with E-state index in [4.69, 9.17) is 9.15 Å². The summed E-state index contributed by atoms with van der Waals surface area (Å²) in [6.07, 6.45) is 1.01. The third-order valence-corrected chi connectivity index (χ3v) is 3.23. The third kappa shape index (κ3) is 4.83. The minimum Gasteiger partial charge on any atom is -0.465 e. The zero-order chi connectivity index (χ0) is 13.8. The largest absolute Gasteiger partial charge is 0.465 e.